The zero-order valence-electron chi connectivity index (χ0n) is 9.26. The lowest BCUT2D eigenvalue weighted by Crippen LogP contribution is -2.35. The van der Waals surface area contributed by atoms with E-state index in [4.69, 9.17) is 0 Å². The van der Waals surface area contributed by atoms with Gasteiger partial charge in [-0.05, 0) is 20.3 Å². The van der Waals surface area contributed by atoms with Crippen molar-refractivity contribution >= 4 is 16.0 Å². The molecular weight excluding hydrogens is 218 g/mol. The average Bonchev–Trinajstić information content (AvgIpc) is 2.65. The zero-order chi connectivity index (χ0) is 11.6. The van der Waals surface area contributed by atoms with Crippen molar-refractivity contribution in [2.45, 2.75) is 25.5 Å². The first kappa shape index (κ1) is 12.4. The summed E-state index contributed by atoms with van der Waals surface area (Å²) in [4.78, 5) is 11.2. The van der Waals surface area contributed by atoms with Crippen LogP contribution < -0.4 is 0 Å². The van der Waals surface area contributed by atoms with Crippen LogP contribution in [0.5, 0.6) is 0 Å². The highest BCUT2D eigenvalue weighted by molar-refractivity contribution is 7.89. The van der Waals surface area contributed by atoms with Gasteiger partial charge in [0.2, 0.25) is 10.0 Å². The Kier molecular flexibility index (Phi) is 3.72. The first-order valence-corrected chi connectivity index (χ1v) is 6.46. The molecule has 5 nitrogen and oxygen atoms in total. The summed E-state index contributed by atoms with van der Waals surface area (Å²) in [6.45, 7) is 3.95. The Bertz CT molecular complexity index is 336. The Morgan fingerprint density at radius 2 is 2.07 bits per heavy atom. The maximum atomic E-state index is 11.8. The van der Waals surface area contributed by atoms with E-state index in [-0.39, 0.29) is 18.4 Å². The standard InChI is InChI=1S/C9H17NO4S/c1-7(2)15(12,13)10-5-4-8(6-10)9(11)14-3/h7-8H,4-6H2,1-3H3. The molecule has 0 aromatic rings. The maximum absolute atomic E-state index is 11.8. The Hall–Kier alpha value is -0.620. The molecule has 1 aliphatic heterocycles. The van der Waals surface area contributed by atoms with Crippen LogP contribution in [0.25, 0.3) is 0 Å². The highest BCUT2D eigenvalue weighted by atomic mass is 32.2. The molecule has 0 aromatic carbocycles. The van der Waals surface area contributed by atoms with Crippen molar-refractivity contribution in [3.63, 3.8) is 0 Å². The third-order valence-corrected chi connectivity index (χ3v) is 4.88. The molecule has 0 aromatic heterocycles. The van der Waals surface area contributed by atoms with Crippen LogP contribution in [-0.4, -0.2) is 44.1 Å². The molecule has 0 bridgehead atoms. The van der Waals surface area contributed by atoms with E-state index in [2.05, 4.69) is 4.74 Å². The lowest BCUT2D eigenvalue weighted by atomic mass is 10.1. The number of carbonyl (C=O) groups is 1. The zero-order valence-corrected chi connectivity index (χ0v) is 10.1. The first-order valence-electron chi connectivity index (χ1n) is 4.96. The quantitative estimate of drug-likeness (QED) is 0.656. The highest BCUT2D eigenvalue weighted by Crippen LogP contribution is 2.22. The van der Waals surface area contributed by atoms with Gasteiger partial charge in [-0.1, -0.05) is 0 Å². The van der Waals surface area contributed by atoms with Crippen LogP contribution in [0, 0.1) is 5.92 Å². The number of rotatable bonds is 3. The van der Waals surface area contributed by atoms with E-state index in [9.17, 15) is 13.2 Å². The number of nitrogens with zero attached hydrogens (tertiary/aromatic N) is 1. The van der Waals surface area contributed by atoms with E-state index in [1.54, 1.807) is 13.8 Å². The smallest absolute Gasteiger partial charge is 0.310 e. The molecule has 1 fully saturated rings. The topological polar surface area (TPSA) is 63.7 Å². The van der Waals surface area contributed by atoms with Gasteiger partial charge in [0.1, 0.15) is 0 Å². The molecular formula is C9H17NO4S. The van der Waals surface area contributed by atoms with Gasteiger partial charge in [0, 0.05) is 13.1 Å². The van der Waals surface area contributed by atoms with Gasteiger partial charge in [0.05, 0.1) is 18.3 Å². The van der Waals surface area contributed by atoms with Gasteiger partial charge in [-0.15, -0.1) is 0 Å². The molecule has 1 aliphatic rings. The van der Waals surface area contributed by atoms with Crippen LogP contribution >= 0.6 is 0 Å². The van der Waals surface area contributed by atoms with Crippen molar-refractivity contribution in [1.82, 2.24) is 4.31 Å². The summed E-state index contributed by atoms with van der Waals surface area (Å²) in [5.41, 5.74) is 0. The fourth-order valence-corrected chi connectivity index (χ4v) is 2.96. The van der Waals surface area contributed by atoms with Crippen molar-refractivity contribution < 1.29 is 17.9 Å². The molecule has 1 heterocycles. The predicted molar refractivity (Wildman–Crippen MR) is 55.8 cm³/mol. The number of methoxy groups -OCH3 is 1. The molecule has 0 radical (unpaired) electrons. The second-order valence-electron chi connectivity index (χ2n) is 3.96. The van der Waals surface area contributed by atoms with Crippen molar-refractivity contribution in [2.75, 3.05) is 20.2 Å². The van der Waals surface area contributed by atoms with E-state index in [1.807, 2.05) is 0 Å². The third kappa shape index (κ3) is 2.49. The number of carbonyl (C=O) groups excluding carboxylic acids is 1. The van der Waals surface area contributed by atoms with E-state index in [1.165, 1.54) is 11.4 Å². The van der Waals surface area contributed by atoms with Gasteiger partial charge in [-0.25, -0.2) is 12.7 Å². The molecule has 0 aliphatic carbocycles. The van der Waals surface area contributed by atoms with Crippen molar-refractivity contribution in [3.05, 3.63) is 0 Å². The second kappa shape index (κ2) is 4.49. The molecule has 6 heteroatoms. The van der Waals surface area contributed by atoms with Gasteiger partial charge >= 0.3 is 5.97 Å². The maximum Gasteiger partial charge on any atom is 0.310 e. The number of hydrogen-bond acceptors (Lipinski definition) is 4. The summed E-state index contributed by atoms with van der Waals surface area (Å²) in [5.74, 6) is -0.625. The number of esters is 1. The van der Waals surface area contributed by atoms with Gasteiger partial charge in [-0.2, -0.15) is 0 Å². The molecule has 1 unspecified atom stereocenters. The molecule has 0 spiro atoms. The van der Waals surface area contributed by atoms with Crippen LogP contribution in [0.1, 0.15) is 20.3 Å². The molecule has 0 N–H and O–H groups in total. The van der Waals surface area contributed by atoms with E-state index in [0.29, 0.717) is 13.0 Å². The number of hydrogen-bond donors (Lipinski definition) is 0. The molecule has 1 rings (SSSR count). The summed E-state index contributed by atoms with van der Waals surface area (Å²) < 4.78 is 29.5. The molecule has 0 saturated carbocycles. The lowest BCUT2D eigenvalue weighted by Gasteiger charge is -2.18. The Labute approximate surface area is 90.4 Å². The fourth-order valence-electron chi connectivity index (χ4n) is 1.62. The van der Waals surface area contributed by atoms with E-state index < -0.39 is 15.3 Å². The fraction of sp³-hybridized carbons (Fsp3) is 0.889. The van der Waals surface area contributed by atoms with Crippen LogP contribution in [0.2, 0.25) is 0 Å². The molecule has 1 atom stereocenters. The summed E-state index contributed by atoms with van der Waals surface area (Å²) >= 11 is 0. The molecule has 88 valence electrons. The predicted octanol–water partition coefficient (Wildman–Crippen LogP) is 0.219. The molecule has 1 saturated heterocycles. The summed E-state index contributed by atoms with van der Waals surface area (Å²) in [7, 11) is -1.90. The summed E-state index contributed by atoms with van der Waals surface area (Å²) in [6.07, 6.45) is 0.554. The Morgan fingerprint density at radius 1 is 1.47 bits per heavy atom. The van der Waals surface area contributed by atoms with E-state index in [0.717, 1.165) is 0 Å². The largest absolute Gasteiger partial charge is 0.469 e. The molecule has 15 heavy (non-hydrogen) atoms. The number of ether oxygens (including phenoxy) is 1. The third-order valence-electron chi connectivity index (χ3n) is 2.64. The Balaban J connectivity index is 2.69. The van der Waals surface area contributed by atoms with Crippen LogP contribution in [0.4, 0.5) is 0 Å². The summed E-state index contributed by atoms with van der Waals surface area (Å²) in [6, 6.07) is 0. The van der Waals surface area contributed by atoms with Crippen LogP contribution in [0.3, 0.4) is 0 Å². The summed E-state index contributed by atoms with van der Waals surface area (Å²) in [5, 5.41) is -0.436. The van der Waals surface area contributed by atoms with Gasteiger partial charge in [0.25, 0.3) is 0 Å². The number of sulfonamides is 1. The normalized spacial score (nSPS) is 23.3. The minimum absolute atomic E-state index is 0.257. The van der Waals surface area contributed by atoms with Crippen molar-refractivity contribution in [2.24, 2.45) is 5.92 Å². The average molecular weight is 235 g/mol. The minimum Gasteiger partial charge on any atom is -0.469 e. The van der Waals surface area contributed by atoms with Gasteiger partial charge in [0.15, 0.2) is 0 Å². The van der Waals surface area contributed by atoms with Crippen molar-refractivity contribution in [3.8, 4) is 0 Å². The van der Waals surface area contributed by atoms with Crippen LogP contribution in [-0.2, 0) is 19.6 Å². The minimum atomic E-state index is -3.23. The van der Waals surface area contributed by atoms with Gasteiger partial charge < -0.3 is 4.74 Å². The lowest BCUT2D eigenvalue weighted by molar-refractivity contribution is -0.144. The van der Waals surface area contributed by atoms with Crippen LogP contribution in [0.15, 0.2) is 0 Å². The van der Waals surface area contributed by atoms with E-state index >= 15 is 0 Å². The second-order valence-corrected chi connectivity index (χ2v) is 6.45. The first-order chi connectivity index (χ1) is 6.89. The van der Waals surface area contributed by atoms with Crippen molar-refractivity contribution in [1.29, 1.82) is 0 Å². The molecule has 0 amide bonds. The monoisotopic (exact) mass is 235 g/mol. The highest BCUT2D eigenvalue weighted by Gasteiger charge is 2.36. The Morgan fingerprint density at radius 3 is 2.53 bits per heavy atom. The van der Waals surface area contributed by atoms with Gasteiger partial charge in [-0.3, -0.25) is 4.79 Å². The SMILES string of the molecule is COC(=O)C1CCN(S(=O)(=O)C(C)C)C1.